The molecule has 1 aliphatic rings. The monoisotopic (exact) mass is 273 g/mol. The topological polar surface area (TPSA) is 29.1 Å². The van der Waals surface area contributed by atoms with Crippen molar-refractivity contribution in [2.75, 3.05) is 6.54 Å². The van der Waals surface area contributed by atoms with Gasteiger partial charge in [-0.15, -0.1) is 0 Å². The molecule has 2 nitrogen and oxygen atoms in total. The van der Waals surface area contributed by atoms with Crippen molar-refractivity contribution < 1.29 is 4.79 Å². The fourth-order valence-corrected chi connectivity index (χ4v) is 3.15. The van der Waals surface area contributed by atoms with Gasteiger partial charge in [0.25, 0.3) is 0 Å². The average Bonchev–Trinajstić information content (AvgIpc) is 2.49. The fourth-order valence-electron chi connectivity index (χ4n) is 3.15. The Labute approximate surface area is 123 Å². The van der Waals surface area contributed by atoms with Crippen molar-refractivity contribution in [2.24, 2.45) is 0 Å². The number of nitrogens with one attached hydrogen (secondary N) is 1. The lowest BCUT2D eigenvalue weighted by molar-refractivity contribution is -0.121. The second-order valence-corrected chi connectivity index (χ2v) is 6.08. The minimum atomic E-state index is 0.221. The van der Waals surface area contributed by atoms with Crippen LogP contribution in [0.1, 0.15) is 57.4 Å². The number of unbranched alkanes of at least 4 members (excludes halogenated alkanes) is 1. The Bertz CT molecular complexity index is 403. The van der Waals surface area contributed by atoms with Crippen molar-refractivity contribution in [2.45, 2.75) is 63.8 Å². The van der Waals surface area contributed by atoms with E-state index >= 15 is 0 Å². The van der Waals surface area contributed by atoms with Gasteiger partial charge >= 0.3 is 0 Å². The summed E-state index contributed by atoms with van der Waals surface area (Å²) in [6.45, 7) is 3.26. The number of Topliss-reactive ketones (excluding diaryl/α,β-unsaturated/α-hetero) is 1. The third kappa shape index (κ3) is 4.45. The summed E-state index contributed by atoms with van der Waals surface area (Å²) in [5, 5.41) is 3.79. The standard InChI is InChI=1S/C18H27NO/c1-2-3-12-18(13-9-17(20)10-14-18)19-15-11-16-7-5-4-6-8-16/h4-8,19H,2-3,9-15H2,1H3. The molecule has 20 heavy (non-hydrogen) atoms. The summed E-state index contributed by atoms with van der Waals surface area (Å²) in [5.74, 6) is 0.446. The molecule has 1 aromatic carbocycles. The summed E-state index contributed by atoms with van der Waals surface area (Å²) in [5.41, 5.74) is 1.61. The Morgan fingerprint density at radius 2 is 1.85 bits per heavy atom. The summed E-state index contributed by atoms with van der Waals surface area (Å²) < 4.78 is 0. The number of carbonyl (C=O) groups excluding carboxylic acids is 1. The molecule has 1 fully saturated rings. The van der Waals surface area contributed by atoms with Crippen LogP contribution in [0.15, 0.2) is 30.3 Å². The van der Waals surface area contributed by atoms with Crippen LogP contribution in [0.25, 0.3) is 0 Å². The van der Waals surface area contributed by atoms with E-state index in [4.69, 9.17) is 0 Å². The van der Waals surface area contributed by atoms with E-state index in [1.807, 2.05) is 0 Å². The average molecular weight is 273 g/mol. The van der Waals surface area contributed by atoms with Gasteiger partial charge in [0.1, 0.15) is 5.78 Å². The van der Waals surface area contributed by atoms with Gasteiger partial charge in [0.15, 0.2) is 0 Å². The molecule has 1 aromatic rings. The van der Waals surface area contributed by atoms with Crippen LogP contribution in [0.5, 0.6) is 0 Å². The molecule has 0 saturated heterocycles. The molecule has 0 radical (unpaired) electrons. The van der Waals surface area contributed by atoms with Crippen LogP contribution < -0.4 is 5.32 Å². The number of ketones is 1. The van der Waals surface area contributed by atoms with E-state index in [1.165, 1.54) is 24.8 Å². The van der Waals surface area contributed by atoms with Gasteiger partial charge in [0, 0.05) is 18.4 Å². The first-order valence-corrected chi connectivity index (χ1v) is 8.05. The van der Waals surface area contributed by atoms with Crippen LogP contribution in [-0.4, -0.2) is 17.9 Å². The first-order valence-electron chi connectivity index (χ1n) is 8.05. The minimum Gasteiger partial charge on any atom is -0.311 e. The minimum absolute atomic E-state index is 0.221. The zero-order chi connectivity index (χ0) is 14.3. The zero-order valence-corrected chi connectivity index (χ0v) is 12.7. The molecule has 1 aliphatic carbocycles. The highest BCUT2D eigenvalue weighted by molar-refractivity contribution is 5.79. The number of carbonyl (C=O) groups is 1. The van der Waals surface area contributed by atoms with Crippen molar-refractivity contribution in [3.05, 3.63) is 35.9 Å². The molecule has 2 heteroatoms. The van der Waals surface area contributed by atoms with Crippen molar-refractivity contribution in [1.29, 1.82) is 0 Å². The second-order valence-electron chi connectivity index (χ2n) is 6.08. The molecule has 0 heterocycles. The van der Waals surface area contributed by atoms with Crippen LogP contribution in [0.4, 0.5) is 0 Å². The van der Waals surface area contributed by atoms with Gasteiger partial charge < -0.3 is 5.32 Å². The maximum atomic E-state index is 11.5. The third-order valence-electron chi connectivity index (χ3n) is 4.53. The number of hydrogen-bond donors (Lipinski definition) is 1. The molecule has 2 rings (SSSR count). The Balaban J connectivity index is 1.86. The van der Waals surface area contributed by atoms with E-state index in [0.29, 0.717) is 5.78 Å². The van der Waals surface area contributed by atoms with Gasteiger partial charge in [-0.1, -0.05) is 50.1 Å². The molecule has 0 bridgehead atoms. The largest absolute Gasteiger partial charge is 0.311 e. The molecule has 1 saturated carbocycles. The Morgan fingerprint density at radius 1 is 1.15 bits per heavy atom. The van der Waals surface area contributed by atoms with E-state index in [0.717, 1.165) is 38.6 Å². The summed E-state index contributed by atoms with van der Waals surface area (Å²) in [6.07, 6.45) is 8.36. The highest BCUT2D eigenvalue weighted by Gasteiger charge is 2.33. The maximum absolute atomic E-state index is 11.5. The van der Waals surface area contributed by atoms with Crippen LogP contribution in [0.2, 0.25) is 0 Å². The molecule has 110 valence electrons. The summed E-state index contributed by atoms with van der Waals surface area (Å²) >= 11 is 0. The fraction of sp³-hybridized carbons (Fsp3) is 0.611. The zero-order valence-electron chi connectivity index (χ0n) is 12.7. The molecule has 0 atom stereocenters. The first-order chi connectivity index (χ1) is 9.74. The molecule has 0 unspecified atom stereocenters. The summed E-state index contributed by atoms with van der Waals surface area (Å²) in [7, 11) is 0. The quantitative estimate of drug-likeness (QED) is 0.816. The van der Waals surface area contributed by atoms with Gasteiger partial charge in [-0.25, -0.2) is 0 Å². The summed E-state index contributed by atoms with van der Waals surface area (Å²) in [6, 6.07) is 10.6. The van der Waals surface area contributed by atoms with Crippen LogP contribution in [0.3, 0.4) is 0 Å². The lowest BCUT2D eigenvalue weighted by Crippen LogP contribution is -2.48. The van der Waals surface area contributed by atoms with Crippen molar-refractivity contribution >= 4 is 5.78 Å². The molecular weight excluding hydrogens is 246 g/mol. The molecule has 0 amide bonds. The second kappa shape index (κ2) is 7.58. The van der Waals surface area contributed by atoms with E-state index in [-0.39, 0.29) is 5.54 Å². The number of benzene rings is 1. The van der Waals surface area contributed by atoms with Crippen LogP contribution >= 0.6 is 0 Å². The van der Waals surface area contributed by atoms with E-state index in [9.17, 15) is 4.79 Å². The number of rotatable bonds is 7. The van der Waals surface area contributed by atoms with Gasteiger partial charge in [-0.05, 0) is 37.8 Å². The maximum Gasteiger partial charge on any atom is 0.133 e. The lowest BCUT2D eigenvalue weighted by Gasteiger charge is -2.38. The smallest absolute Gasteiger partial charge is 0.133 e. The molecular formula is C18H27NO. The highest BCUT2D eigenvalue weighted by atomic mass is 16.1. The van der Waals surface area contributed by atoms with E-state index in [2.05, 4.69) is 42.6 Å². The van der Waals surface area contributed by atoms with E-state index < -0.39 is 0 Å². The van der Waals surface area contributed by atoms with Crippen molar-refractivity contribution in [3.63, 3.8) is 0 Å². The first kappa shape index (κ1) is 15.2. The van der Waals surface area contributed by atoms with Gasteiger partial charge in [0.2, 0.25) is 0 Å². The summed E-state index contributed by atoms with van der Waals surface area (Å²) in [4.78, 5) is 11.5. The Hall–Kier alpha value is -1.15. The molecule has 0 spiro atoms. The molecule has 0 aromatic heterocycles. The predicted molar refractivity (Wildman–Crippen MR) is 83.9 cm³/mol. The Morgan fingerprint density at radius 3 is 2.50 bits per heavy atom. The van der Waals surface area contributed by atoms with Gasteiger partial charge in [-0.3, -0.25) is 4.79 Å². The lowest BCUT2D eigenvalue weighted by atomic mass is 9.77. The highest BCUT2D eigenvalue weighted by Crippen LogP contribution is 2.31. The van der Waals surface area contributed by atoms with Crippen molar-refractivity contribution in [3.8, 4) is 0 Å². The van der Waals surface area contributed by atoms with Crippen molar-refractivity contribution in [1.82, 2.24) is 5.32 Å². The van der Waals surface area contributed by atoms with Crippen LogP contribution in [0, 0.1) is 0 Å². The van der Waals surface area contributed by atoms with Gasteiger partial charge in [-0.2, -0.15) is 0 Å². The molecule has 1 N–H and O–H groups in total. The van der Waals surface area contributed by atoms with E-state index in [1.54, 1.807) is 0 Å². The van der Waals surface area contributed by atoms with Crippen LogP contribution in [-0.2, 0) is 11.2 Å². The predicted octanol–water partition coefficient (Wildman–Crippen LogP) is 3.89. The number of hydrogen-bond acceptors (Lipinski definition) is 2. The normalized spacial score (nSPS) is 18.1. The molecule has 0 aliphatic heterocycles. The Kier molecular flexibility index (Phi) is 5.78. The van der Waals surface area contributed by atoms with Gasteiger partial charge in [0.05, 0.1) is 0 Å². The SMILES string of the molecule is CCCCC1(NCCc2ccccc2)CCC(=O)CC1. The third-order valence-corrected chi connectivity index (χ3v) is 4.53.